The van der Waals surface area contributed by atoms with Gasteiger partial charge in [0.05, 0.1) is 0 Å². The Morgan fingerprint density at radius 2 is 1.05 bits per heavy atom. The second-order valence-corrected chi connectivity index (χ2v) is 7.09. The normalized spacial score (nSPS) is 38.1. The van der Waals surface area contributed by atoms with Crippen LogP contribution in [-0.2, 0) is 20.7 Å². The average molecular weight is 292 g/mol. The van der Waals surface area contributed by atoms with Crippen LogP contribution in [0.1, 0.15) is 35.1 Å². The standard InChI is InChI=1S/C20H20O2/c1-13-3-7-15(8-4-13)19-11-12-20(18(22-20)17(19)21-19)16-9-5-14(2)6-10-16/h3-10,17-18H,11-12H2,1-2H3/t17-,18+,19-,20+. The Kier molecular flexibility index (Phi) is 2.34. The van der Waals surface area contributed by atoms with Gasteiger partial charge in [0.25, 0.3) is 0 Å². The Morgan fingerprint density at radius 3 is 1.41 bits per heavy atom. The van der Waals surface area contributed by atoms with E-state index in [0.717, 1.165) is 12.8 Å². The predicted octanol–water partition coefficient (Wildman–Crippen LogP) is 3.99. The molecule has 3 aliphatic rings. The SMILES string of the molecule is Cc1ccc([C@@]23CC[C@]4(c5ccc(C)cc5)O[C@@H]4[C@@H]2O3)cc1. The molecule has 4 atom stereocenters. The molecule has 2 aromatic rings. The molecule has 0 aromatic heterocycles. The largest absolute Gasteiger partial charge is 0.358 e. The summed E-state index contributed by atoms with van der Waals surface area (Å²) in [7, 11) is 0. The van der Waals surface area contributed by atoms with Crippen LogP contribution < -0.4 is 0 Å². The highest BCUT2D eigenvalue weighted by Crippen LogP contribution is 2.68. The van der Waals surface area contributed by atoms with Crippen LogP contribution >= 0.6 is 0 Å². The Hall–Kier alpha value is -1.64. The second kappa shape index (κ2) is 4.01. The van der Waals surface area contributed by atoms with Gasteiger partial charge in [0.15, 0.2) is 0 Å². The number of rotatable bonds is 2. The maximum absolute atomic E-state index is 6.19. The molecule has 2 nitrogen and oxygen atoms in total. The topological polar surface area (TPSA) is 25.1 Å². The number of fused-ring (bicyclic) bond motifs is 3. The summed E-state index contributed by atoms with van der Waals surface area (Å²) in [6.07, 6.45) is 2.55. The van der Waals surface area contributed by atoms with Crippen molar-refractivity contribution in [1.82, 2.24) is 0 Å². The van der Waals surface area contributed by atoms with Crippen molar-refractivity contribution < 1.29 is 9.47 Å². The molecule has 2 saturated heterocycles. The minimum absolute atomic E-state index is 0.0803. The molecule has 0 radical (unpaired) electrons. The average Bonchev–Trinajstić information content (AvgIpc) is 3.40. The van der Waals surface area contributed by atoms with Crippen LogP contribution in [0.5, 0.6) is 0 Å². The molecular formula is C20H20O2. The summed E-state index contributed by atoms with van der Waals surface area (Å²) in [5.74, 6) is 0. The molecule has 2 heterocycles. The molecule has 2 aliphatic heterocycles. The zero-order valence-electron chi connectivity index (χ0n) is 13.0. The van der Waals surface area contributed by atoms with E-state index >= 15 is 0 Å². The van der Waals surface area contributed by atoms with Crippen LogP contribution in [0, 0.1) is 13.8 Å². The zero-order valence-corrected chi connectivity index (χ0v) is 13.0. The summed E-state index contributed by atoms with van der Waals surface area (Å²) in [6, 6.07) is 17.6. The predicted molar refractivity (Wildman–Crippen MR) is 84.7 cm³/mol. The van der Waals surface area contributed by atoms with E-state index in [0.29, 0.717) is 0 Å². The lowest BCUT2D eigenvalue weighted by molar-refractivity contribution is 0.220. The van der Waals surface area contributed by atoms with Crippen molar-refractivity contribution in [3.05, 3.63) is 70.8 Å². The molecule has 0 bridgehead atoms. The molecule has 1 saturated carbocycles. The van der Waals surface area contributed by atoms with Crippen LogP contribution in [0.15, 0.2) is 48.5 Å². The van der Waals surface area contributed by atoms with Gasteiger partial charge in [-0.15, -0.1) is 0 Å². The maximum Gasteiger partial charge on any atom is 0.123 e. The highest BCUT2D eigenvalue weighted by molar-refractivity contribution is 5.41. The minimum Gasteiger partial charge on any atom is -0.358 e. The van der Waals surface area contributed by atoms with Gasteiger partial charge in [-0.2, -0.15) is 0 Å². The number of hydrogen-bond acceptors (Lipinski definition) is 2. The third-order valence-electron chi connectivity index (χ3n) is 5.70. The third kappa shape index (κ3) is 1.57. The quantitative estimate of drug-likeness (QED) is 0.782. The molecule has 3 fully saturated rings. The molecule has 22 heavy (non-hydrogen) atoms. The highest BCUT2D eigenvalue weighted by Gasteiger charge is 2.77. The fourth-order valence-electron chi connectivity index (χ4n) is 4.20. The van der Waals surface area contributed by atoms with Crippen molar-refractivity contribution in [2.24, 2.45) is 0 Å². The van der Waals surface area contributed by atoms with Gasteiger partial charge in [-0.05, 0) is 37.8 Å². The molecule has 0 spiro atoms. The van der Waals surface area contributed by atoms with Crippen molar-refractivity contribution in [1.29, 1.82) is 0 Å². The Morgan fingerprint density at radius 1 is 0.682 bits per heavy atom. The molecule has 1 aliphatic carbocycles. The van der Waals surface area contributed by atoms with E-state index in [1.54, 1.807) is 0 Å². The Bertz CT molecular complexity index is 668. The minimum atomic E-state index is -0.0803. The number of hydrogen-bond donors (Lipinski definition) is 0. The smallest absolute Gasteiger partial charge is 0.123 e. The van der Waals surface area contributed by atoms with Crippen LogP contribution in [0.3, 0.4) is 0 Å². The van der Waals surface area contributed by atoms with E-state index in [1.807, 2.05) is 0 Å². The van der Waals surface area contributed by atoms with Gasteiger partial charge in [-0.3, -0.25) is 0 Å². The van der Waals surface area contributed by atoms with E-state index in [1.165, 1.54) is 22.3 Å². The summed E-state index contributed by atoms with van der Waals surface area (Å²) in [4.78, 5) is 0. The number of ether oxygens (including phenoxy) is 2. The Balaban J connectivity index is 1.44. The van der Waals surface area contributed by atoms with E-state index in [9.17, 15) is 0 Å². The van der Waals surface area contributed by atoms with Gasteiger partial charge in [-0.25, -0.2) is 0 Å². The molecular weight excluding hydrogens is 272 g/mol. The van der Waals surface area contributed by atoms with E-state index < -0.39 is 0 Å². The lowest BCUT2D eigenvalue weighted by Gasteiger charge is -2.22. The molecule has 2 aromatic carbocycles. The summed E-state index contributed by atoms with van der Waals surface area (Å²) in [5.41, 5.74) is 5.06. The molecule has 0 amide bonds. The first-order valence-corrected chi connectivity index (χ1v) is 8.14. The van der Waals surface area contributed by atoms with Crippen LogP contribution in [-0.4, -0.2) is 12.2 Å². The molecule has 0 N–H and O–H groups in total. The van der Waals surface area contributed by atoms with Crippen molar-refractivity contribution >= 4 is 0 Å². The zero-order chi connectivity index (χ0) is 14.9. The maximum atomic E-state index is 6.19. The van der Waals surface area contributed by atoms with Crippen LogP contribution in [0.2, 0.25) is 0 Å². The van der Waals surface area contributed by atoms with Gasteiger partial charge in [0.1, 0.15) is 23.4 Å². The molecule has 2 heteroatoms. The lowest BCUT2D eigenvalue weighted by Crippen LogP contribution is -2.29. The van der Waals surface area contributed by atoms with Gasteiger partial charge >= 0.3 is 0 Å². The summed E-state index contributed by atoms with van der Waals surface area (Å²) in [6.45, 7) is 4.25. The number of epoxide rings is 2. The molecule has 112 valence electrons. The Labute approximate surface area is 131 Å². The first kappa shape index (κ1) is 12.9. The first-order valence-electron chi connectivity index (χ1n) is 8.14. The van der Waals surface area contributed by atoms with Crippen LogP contribution in [0.4, 0.5) is 0 Å². The first-order chi connectivity index (χ1) is 10.6. The summed E-state index contributed by atoms with van der Waals surface area (Å²) >= 11 is 0. The van der Waals surface area contributed by atoms with Gasteiger partial charge in [-0.1, -0.05) is 59.7 Å². The van der Waals surface area contributed by atoms with Gasteiger partial charge in [0.2, 0.25) is 0 Å². The van der Waals surface area contributed by atoms with Crippen molar-refractivity contribution in [3.8, 4) is 0 Å². The number of benzene rings is 2. The van der Waals surface area contributed by atoms with Crippen molar-refractivity contribution in [2.45, 2.75) is 50.1 Å². The monoisotopic (exact) mass is 292 g/mol. The fourth-order valence-corrected chi connectivity index (χ4v) is 4.20. The lowest BCUT2D eigenvalue weighted by atomic mass is 9.76. The number of aryl methyl sites for hydroxylation is 2. The fraction of sp³-hybridized carbons (Fsp3) is 0.400. The highest BCUT2D eigenvalue weighted by atomic mass is 16.7. The summed E-state index contributed by atoms with van der Waals surface area (Å²) in [5, 5.41) is 0. The van der Waals surface area contributed by atoms with Gasteiger partial charge in [0, 0.05) is 0 Å². The van der Waals surface area contributed by atoms with Crippen molar-refractivity contribution in [2.75, 3.05) is 0 Å². The van der Waals surface area contributed by atoms with E-state index in [4.69, 9.17) is 9.47 Å². The molecule has 0 unspecified atom stereocenters. The van der Waals surface area contributed by atoms with Gasteiger partial charge < -0.3 is 9.47 Å². The summed E-state index contributed by atoms with van der Waals surface area (Å²) < 4.78 is 12.4. The van der Waals surface area contributed by atoms with Crippen molar-refractivity contribution in [3.63, 3.8) is 0 Å². The van der Waals surface area contributed by atoms with E-state index in [-0.39, 0.29) is 23.4 Å². The van der Waals surface area contributed by atoms with Crippen LogP contribution in [0.25, 0.3) is 0 Å². The second-order valence-electron chi connectivity index (χ2n) is 7.09. The van der Waals surface area contributed by atoms with E-state index in [2.05, 4.69) is 62.4 Å². The third-order valence-corrected chi connectivity index (χ3v) is 5.70. The molecule has 5 rings (SSSR count).